The van der Waals surface area contributed by atoms with Gasteiger partial charge >= 0.3 is 228 Å². The van der Waals surface area contributed by atoms with Gasteiger partial charge in [0.1, 0.15) is 0 Å². The number of halogens is 5. The summed E-state index contributed by atoms with van der Waals surface area (Å²) in [6.07, 6.45) is 9.40. The zero-order valence-electron chi connectivity index (χ0n) is 36.9. The van der Waals surface area contributed by atoms with Gasteiger partial charge < -0.3 is 30.0 Å². The van der Waals surface area contributed by atoms with Crippen molar-refractivity contribution in [1.82, 2.24) is 40.6 Å². The molecule has 2 aromatic heterocycles. The second kappa shape index (κ2) is 45.7. The van der Waals surface area contributed by atoms with Crippen molar-refractivity contribution in [3.8, 4) is 12.3 Å². The van der Waals surface area contributed by atoms with E-state index in [2.05, 4.69) is 87.7 Å². The summed E-state index contributed by atoms with van der Waals surface area (Å²) in [6.45, 7) is 4.81. The average molecular weight is 1370 g/mol. The first kappa shape index (κ1) is 68.6. The Balaban J connectivity index is -0.000000833. The second-order valence-electron chi connectivity index (χ2n) is 12.5. The molecule has 67 heavy (non-hydrogen) atoms. The van der Waals surface area contributed by atoms with Gasteiger partial charge in [-0.3, -0.25) is 4.79 Å². The number of carbonyl (C=O) groups excluding carboxylic acids is 4. The summed E-state index contributed by atoms with van der Waals surface area (Å²) in [5.74, 6) is 2.08. The van der Waals surface area contributed by atoms with Crippen molar-refractivity contribution in [3.63, 3.8) is 0 Å². The van der Waals surface area contributed by atoms with Crippen LogP contribution in [0.3, 0.4) is 0 Å². The summed E-state index contributed by atoms with van der Waals surface area (Å²) in [5, 5.41) is 24.0. The Labute approximate surface area is 436 Å². The van der Waals surface area contributed by atoms with Crippen molar-refractivity contribution in [2.75, 3.05) is 67.0 Å². The topological polar surface area (TPSA) is 341 Å². The van der Waals surface area contributed by atoms with Gasteiger partial charge in [0, 0.05) is 49.6 Å². The monoisotopic (exact) mass is 1370 g/mol. The third-order valence-electron chi connectivity index (χ3n) is 7.45. The minimum absolute atomic E-state index is 0. The summed E-state index contributed by atoms with van der Waals surface area (Å²) in [5.41, 5.74) is 31.5. The van der Waals surface area contributed by atoms with E-state index >= 15 is 0 Å². The molecule has 3 rings (SSSR count). The van der Waals surface area contributed by atoms with Crippen LogP contribution in [0.2, 0.25) is 0 Å². The summed E-state index contributed by atoms with van der Waals surface area (Å²) < 4.78 is 53.3. The molecule has 0 spiro atoms. The zero-order valence-corrected chi connectivity index (χ0v) is 46.1. The first-order chi connectivity index (χ1) is 31.6. The Hall–Kier alpha value is -2.71. The molecule has 0 saturated heterocycles. The number of carbonyl (C=O) groups is 4. The van der Waals surface area contributed by atoms with Crippen LogP contribution in [-0.4, -0.2) is 134 Å². The fourth-order valence-electron chi connectivity index (χ4n) is 4.15. The minimum Gasteiger partial charge on any atom is 0 e. The average Bonchev–Trinajstić information content (AvgIpc) is 3.99. The number of nitrogens with one attached hydrogen (secondary N) is 3. The molecule has 0 aliphatic heterocycles. The Morgan fingerprint density at radius 3 is 2.03 bits per heavy atom. The van der Waals surface area contributed by atoms with Crippen molar-refractivity contribution < 1.29 is 80.4 Å². The SMILES string of the molecule is C#CCNC(=O)CCOCCOC.COCCOCCC(=O)NCc1cn(CCC(N)C(=O)[IH]F)nn1.NCc1cn(Cc2ccccc2)nn1.[B]I(=N)(F)C(=O)C(N)CCN=[N+]=[N-].[Cu][Br].[Nb]. The van der Waals surface area contributed by atoms with Gasteiger partial charge in [0.15, 0.2) is 0 Å². The van der Waals surface area contributed by atoms with Gasteiger partial charge in [-0.05, 0) is 5.56 Å². The zero-order chi connectivity index (χ0) is 50.0. The number of terminal acetylenes is 1. The number of aryl methyl sites for hydroxylation is 1. The summed E-state index contributed by atoms with van der Waals surface area (Å²) in [7, 11) is 3.18. The fraction of sp³-hybridized carbons (Fsp3) is 0.556. The molecule has 3 atom stereocenters. The molecular weight excluding hydrogens is 1310 g/mol. The van der Waals surface area contributed by atoms with Crippen molar-refractivity contribution in [2.24, 2.45) is 22.3 Å². The van der Waals surface area contributed by atoms with E-state index < -0.39 is 60.1 Å². The Morgan fingerprint density at radius 1 is 0.970 bits per heavy atom. The van der Waals surface area contributed by atoms with Gasteiger partial charge in [0.05, 0.1) is 58.0 Å². The van der Waals surface area contributed by atoms with E-state index in [-0.39, 0.29) is 66.7 Å². The Kier molecular flexibility index (Phi) is 46.8. The predicted octanol–water partition coefficient (Wildman–Crippen LogP) is 2.51. The van der Waals surface area contributed by atoms with Crippen molar-refractivity contribution in [2.45, 2.75) is 63.9 Å². The Bertz CT molecular complexity index is 1920. The standard InChI is InChI=1S/C13H23FIN5O4.C10H12N4.C9H15NO3.C4H8BFIN5O.BrH.Cu.Nb/c1-23-6-7-24-5-3-12(21)17-8-10-9-20(19-18-10)4-2-11(16)13(22)15-14;11-6-10-8-14(13-12-10)7-9-4-2-1-3-5-9;1-3-5-10-9(11)4-6-13-8-7-12-2;5-7(6,9)4(13)3(8)1-2-11-12-10;;;/h9,11,15H,2-8,16H2,1H3,(H,17,21);1-5,8H,6-7,11H2;1H,4-8H2,2H3,(H,10,11);3,9H,1-2,8H2;1H;;/q;;;;;+1;/p-1. The normalized spacial score (nSPS) is 12.2. The molecule has 3 unspecified atom stereocenters. The predicted molar refractivity (Wildman–Crippen MR) is 260 cm³/mol. The van der Waals surface area contributed by atoms with E-state index in [1.54, 1.807) is 25.1 Å². The van der Waals surface area contributed by atoms with Gasteiger partial charge in [-0.2, -0.15) is 0 Å². The van der Waals surface area contributed by atoms with Crippen molar-refractivity contribution >= 4 is 79.6 Å². The van der Waals surface area contributed by atoms with E-state index in [9.17, 15) is 24.9 Å². The number of nitrogens with two attached hydrogens (primary N) is 3. The molecule has 379 valence electrons. The summed E-state index contributed by atoms with van der Waals surface area (Å²) in [6, 6.07) is 8.22. The number of methoxy groups -OCH3 is 2. The fourth-order valence-corrected chi connectivity index (χ4v) is 6.29. The minimum atomic E-state index is -4.94. The number of benzene rings is 1. The van der Waals surface area contributed by atoms with E-state index in [0.717, 1.165) is 12.2 Å². The quantitative estimate of drug-likeness (QED) is 0.00889. The Morgan fingerprint density at radius 2 is 1.52 bits per heavy atom. The number of nitrogens with zero attached hydrogens (tertiary/aromatic N) is 9. The maximum atomic E-state index is 12.6. The summed E-state index contributed by atoms with van der Waals surface area (Å²) in [4.78, 5) is 47.0. The number of ether oxygens (including phenoxy) is 4. The molecular formula is C36H58BBrCuF2I2N15NbO8. The first-order valence-electron chi connectivity index (χ1n) is 19.3. The molecule has 3 radical (unpaired) electrons. The van der Waals surface area contributed by atoms with Crippen LogP contribution < -0.4 is 27.8 Å². The van der Waals surface area contributed by atoms with Crippen LogP contribution in [0.15, 0.2) is 47.8 Å². The van der Waals surface area contributed by atoms with E-state index in [1.165, 1.54) is 10.2 Å². The van der Waals surface area contributed by atoms with Gasteiger partial charge in [0.25, 0.3) is 0 Å². The number of hydrogen-bond acceptors (Lipinski definition) is 17. The molecule has 2 amide bonds. The van der Waals surface area contributed by atoms with Crippen LogP contribution in [0.25, 0.3) is 10.4 Å². The summed E-state index contributed by atoms with van der Waals surface area (Å²) >= 11 is -0.570. The van der Waals surface area contributed by atoms with Crippen molar-refractivity contribution in [1.29, 1.82) is 3.56 Å². The van der Waals surface area contributed by atoms with Crippen molar-refractivity contribution in [3.05, 3.63) is 70.1 Å². The first-order valence-corrected chi connectivity index (χ1v) is 27.9. The van der Waals surface area contributed by atoms with Crippen LogP contribution >= 0.6 is 54.5 Å². The van der Waals surface area contributed by atoms with E-state index in [1.807, 2.05) is 24.4 Å². The molecule has 31 heteroatoms. The third kappa shape index (κ3) is 38.8. The number of hydrogen-bond donors (Lipinski definition) is 6. The number of amides is 2. The largest absolute Gasteiger partial charge is 0 e. The maximum absolute atomic E-state index is 12.6. The molecule has 0 aliphatic carbocycles. The smallest absolute Gasteiger partial charge is 0 e. The number of azide groups is 1. The van der Waals surface area contributed by atoms with Crippen LogP contribution in [0.1, 0.15) is 42.6 Å². The molecule has 0 saturated carbocycles. The number of aromatic nitrogens is 6. The second-order valence-corrected chi connectivity index (χ2v) is 18.2. The molecule has 0 aliphatic rings. The van der Waals surface area contributed by atoms with Gasteiger partial charge in [-0.25, -0.2) is 4.68 Å². The molecule has 23 nitrogen and oxygen atoms in total. The third-order valence-corrected chi connectivity index (χ3v) is 11.1. The van der Waals surface area contributed by atoms with Gasteiger partial charge in [-0.1, -0.05) is 41.5 Å². The molecule has 3 aromatic rings. The molecule has 0 fully saturated rings. The van der Waals surface area contributed by atoms with E-state index in [0.29, 0.717) is 71.3 Å². The molecule has 2 heterocycles. The molecule has 0 bridgehead atoms. The molecule has 9 N–H and O–H groups in total. The van der Waals surface area contributed by atoms with E-state index in [4.69, 9.17) is 57.4 Å². The van der Waals surface area contributed by atoms with Crippen LogP contribution in [0.5, 0.6) is 0 Å². The number of rotatable bonds is 28. The van der Waals surface area contributed by atoms with Crippen LogP contribution in [0, 0.1) is 15.9 Å². The molecule has 1 aromatic carbocycles. The van der Waals surface area contributed by atoms with Crippen LogP contribution in [-0.2, 0) is 101 Å². The maximum Gasteiger partial charge on any atom is 0 e. The van der Waals surface area contributed by atoms with Gasteiger partial charge in [-0.15, -0.1) is 11.5 Å². The van der Waals surface area contributed by atoms with Crippen LogP contribution in [0.4, 0.5) is 5.72 Å². The van der Waals surface area contributed by atoms with Gasteiger partial charge in [0.2, 0.25) is 5.91 Å².